The van der Waals surface area contributed by atoms with Gasteiger partial charge >= 0.3 is 0 Å². The zero-order chi connectivity index (χ0) is 11.8. The fourth-order valence-electron chi connectivity index (χ4n) is 1.69. The van der Waals surface area contributed by atoms with Crippen molar-refractivity contribution in [2.24, 2.45) is 0 Å². The van der Waals surface area contributed by atoms with Gasteiger partial charge < -0.3 is 5.73 Å². The number of nitrogens with two attached hydrogens (primary N) is 1. The van der Waals surface area contributed by atoms with Crippen LogP contribution in [-0.2, 0) is 0 Å². The Hall–Kier alpha value is -2.14. The van der Waals surface area contributed by atoms with Crippen molar-refractivity contribution in [1.82, 2.24) is 19.5 Å². The number of pyridine rings is 1. The average Bonchev–Trinajstić information content (AvgIpc) is 2.71. The van der Waals surface area contributed by atoms with Crippen molar-refractivity contribution < 1.29 is 0 Å². The predicted octanol–water partition coefficient (Wildman–Crippen LogP) is 2.05. The molecule has 0 saturated carbocycles. The summed E-state index contributed by atoms with van der Waals surface area (Å²) in [4.78, 5) is 12.2. The van der Waals surface area contributed by atoms with Crippen molar-refractivity contribution >= 4 is 28.6 Å². The molecule has 0 aliphatic rings. The van der Waals surface area contributed by atoms with Crippen LogP contribution in [0.1, 0.15) is 0 Å². The summed E-state index contributed by atoms with van der Waals surface area (Å²) in [5.74, 6) is 0.947. The van der Waals surface area contributed by atoms with Gasteiger partial charge in [-0.3, -0.25) is 4.57 Å². The van der Waals surface area contributed by atoms with Crippen molar-refractivity contribution in [1.29, 1.82) is 0 Å². The van der Waals surface area contributed by atoms with Crippen LogP contribution in [0.25, 0.3) is 16.9 Å². The Morgan fingerprint density at radius 2 is 2.00 bits per heavy atom. The van der Waals surface area contributed by atoms with Crippen LogP contribution in [0.15, 0.2) is 36.7 Å². The Morgan fingerprint density at radius 1 is 1.12 bits per heavy atom. The summed E-state index contributed by atoms with van der Waals surface area (Å²) in [5.41, 5.74) is 7.30. The Morgan fingerprint density at radius 3 is 2.82 bits per heavy atom. The highest BCUT2D eigenvalue weighted by Gasteiger charge is 2.06. The molecule has 17 heavy (non-hydrogen) atoms. The summed E-state index contributed by atoms with van der Waals surface area (Å²) in [6.45, 7) is 0. The molecule has 0 amide bonds. The summed E-state index contributed by atoms with van der Waals surface area (Å²) in [7, 11) is 0. The second kappa shape index (κ2) is 3.71. The van der Waals surface area contributed by atoms with Gasteiger partial charge in [-0.25, -0.2) is 9.97 Å². The lowest BCUT2D eigenvalue weighted by Crippen LogP contribution is -2.00. The standard InChI is InChI=1S/C11H8ClN5/c12-9-2-1-8-7(15-9)4-6-17(8)10-3-5-14-11(13)16-10/h1-6H,(H2,13,14,16). The number of halogens is 1. The maximum absolute atomic E-state index is 5.83. The minimum absolute atomic E-state index is 0.242. The molecule has 0 aliphatic carbocycles. The van der Waals surface area contributed by atoms with Crippen molar-refractivity contribution in [3.8, 4) is 5.82 Å². The van der Waals surface area contributed by atoms with Crippen LogP contribution in [0.3, 0.4) is 0 Å². The Kier molecular flexibility index (Phi) is 2.19. The molecule has 3 aromatic rings. The van der Waals surface area contributed by atoms with Gasteiger partial charge in [0.1, 0.15) is 11.0 Å². The molecule has 0 spiro atoms. The molecule has 5 nitrogen and oxygen atoms in total. The zero-order valence-electron chi connectivity index (χ0n) is 8.71. The lowest BCUT2D eigenvalue weighted by molar-refractivity contribution is 1.02. The Balaban J connectivity index is 2.24. The first-order chi connectivity index (χ1) is 8.24. The van der Waals surface area contributed by atoms with Gasteiger partial charge in [-0.2, -0.15) is 4.98 Å². The molecule has 84 valence electrons. The van der Waals surface area contributed by atoms with Gasteiger partial charge in [0.2, 0.25) is 5.95 Å². The third-order valence-corrected chi connectivity index (χ3v) is 2.63. The highest BCUT2D eigenvalue weighted by Crippen LogP contribution is 2.19. The van der Waals surface area contributed by atoms with Crippen LogP contribution in [0.4, 0.5) is 5.95 Å². The molecular weight excluding hydrogens is 238 g/mol. The van der Waals surface area contributed by atoms with E-state index in [0.717, 1.165) is 11.0 Å². The SMILES string of the molecule is Nc1nccc(-n2ccc3nc(Cl)ccc32)n1. The smallest absolute Gasteiger partial charge is 0.221 e. The second-order valence-corrected chi connectivity index (χ2v) is 3.88. The average molecular weight is 246 g/mol. The number of fused-ring (bicyclic) bond motifs is 1. The van der Waals surface area contributed by atoms with E-state index in [1.165, 1.54) is 0 Å². The van der Waals surface area contributed by atoms with Gasteiger partial charge in [0, 0.05) is 12.4 Å². The maximum Gasteiger partial charge on any atom is 0.221 e. The number of aromatic nitrogens is 4. The van der Waals surface area contributed by atoms with E-state index in [4.69, 9.17) is 17.3 Å². The van der Waals surface area contributed by atoms with Gasteiger partial charge in [-0.05, 0) is 24.3 Å². The number of rotatable bonds is 1. The molecule has 0 aliphatic heterocycles. The molecule has 0 radical (unpaired) electrons. The fraction of sp³-hybridized carbons (Fsp3) is 0. The number of hydrogen-bond donors (Lipinski definition) is 1. The van der Waals surface area contributed by atoms with E-state index in [0.29, 0.717) is 11.0 Å². The van der Waals surface area contributed by atoms with E-state index in [1.807, 2.05) is 22.9 Å². The monoisotopic (exact) mass is 245 g/mol. The van der Waals surface area contributed by atoms with E-state index in [9.17, 15) is 0 Å². The summed E-state index contributed by atoms with van der Waals surface area (Å²) in [6, 6.07) is 7.29. The number of hydrogen-bond acceptors (Lipinski definition) is 4. The first-order valence-corrected chi connectivity index (χ1v) is 5.34. The summed E-state index contributed by atoms with van der Waals surface area (Å²) >= 11 is 5.83. The number of nitrogen functional groups attached to an aromatic ring is 1. The highest BCUT2D eigenvalue weighted by atomic mass is 35.5. The minimum atomic E-state index is 0.242. The Labute approximate surface area is 102 Å². The van der Waals surface area contributed by atoms with E-state index in [1.54, 1.807) is 18.3 Å². The largest absolute Gasteiger partial charge is 0.368 e. The molecule has 0 fully saturated rings. The fourth-order valence-corrected chi connectivity index (χ4v) is 1.85. The molecule has 0 unspecified atom stereocenters. The topological polar surface area (TPSA) is 69.6 Å². The number of anilines is 1. The zero-order valence-corrected chi connectivity index (χ0v) is 9.46. The molecule has 6 heteroatoms. The quantitative estimate of drug-likeness (QED) is 0.666. The third kappa shape index (κ3) is 1.70. The molecule has 0 aromatic carbocycles. The van der Waals surface area contributed by atoms with Gasteiger partial charge in [0.05, 0.1) is 11.0 Å². The molecule has 2 N–H and O–H groups in total. The first kappa shape index (κ1) is 10.0. The van der Waals surface area contributed by atoms with Gasteiger partial charge in [-0.1, -0.05) is 11.6 Å². The van der Waals surface area contributed by atoms with Crippen LogP contribution in [-0.4, -0.2) is 19.5 Å². The second-order valence-electron chi connectivity index (χ2n) is 3.50. The van der Waals surface area contributed by atoms with Crippen molar-refractivity contribution in [2.45, 2.75) is 0 Å². The van der Waals surface area contributed by atoms with Gasteiger partial charge in [0.25, 0.3) is 0 Å². The molecule has 3 rings (SSSR count). The van der Waals surface area contributed by atoms with E-state index in [-0.39, 0.29) is 5.95 Å². The predicted molar refractivity (Wildman–Crippen MR) is 66.1 cm³/mol. The van der Waals surface area contributed by atoms with Crippen LogP contribution >= 0.6 is 11.6 Å². The van der Waals surface area contributed by atoms with Crippen molar-refractivity contribution in [3.63, 3.8) is 0 Å². The number of nitrogens with zero attached hydrogens (tertiary/aromatic N) is 4. The molecule has 0 bridgehead atoms. The minimum Gasteiger partial charge on any atom is -0.368 e. The molecule has 3 aromatic heterocycles. The van der Waals surface area contributed by atoms with Crippen LogP contribution in [0, 0.1) is 0 Å². The van der Waals surface area contributed by atoms with Crippen molar-refractivity contribution in [3.05, 3.63) is 41.8 Å². The Bertz CT molecular complexity index is 691. The molecular formula is C11H8ClN5. The lowest BCUT2D eigenvalue weighted by atomic mass is 10.4. The summed E-state index contributed by atoms with van der Waals surface area (Å²) < 4.78 is 1.89. The van der Waals surface area contributed by atoms with Gasteiger partial charge in [-0.15, -0.1) is 0 Å². The van der Waals surface area contributed by atoms with E-state index >= 15 is 0 Å². The first-order valence-electron chi connectivity index (χ1n) is 4.96. The molecule has 0 saturated heterocycles. The molecule has 0 atom stereocenters. The van der Waals surface area contributed by atoms with Crippen molar-refractivity contribution in [2.75, 3.05) is 5.73 Å². The lowest BCUT2D eigenvalue weighted by Gasteiger charge is -2.04. The highest BCUT2D eigenvalue weighted by molar-refractivity contribution is 6.29. The van der Waals surface area contributed by atoms with Gasteiger partial charge in [0.15, 0.2) is 0 Å². The molecule has 3 heterocycles. The summed E-state index contributed by atoms with van der Waals surface area (Å²) in [5, 5.41) is 0.470. The van der Waals surface area contributed by atoms with E-state index < -0.39 is 0 Å². The van der Waals surface area contributed by atoms with Crippen LogP contribution in [0.5, 0.6) is 0 Å². The third-order valence-electron chi connectivity index (χ3n) is 2.42. The van der Waals surface area contributed by atoms with E-state index in [2.05, 4.69) is 15.0 Å². The maximum atomic E-state index is 5.83. The van der Waals surface area contributed by atoms with Crippen LogP contribution < -0.4 is 5.73 Å². The van der Waals surface area contributed by atoms with Crippen LogP contribution in [0.2, 0.25) is 5.15 Å². The normalized spacial score (nSPS) is 10.9. The summed E-state index contributed by atoms with van der Waals surface area (Å²) in [6.07, 6.45) is 3.49.